The molecule has 0 unspecified atom stereocenters. The zero-order valence-electron chi connectivity index (χ0n) is 17.4. The third kappa shape index (κ3) is 5.99. The molecule has 0 radical (unpaired) electrons. The summed E-state index contributed by atoms with van der Waals surface area (Å²) in [6.45, 7) is 14.8. The van der Waals surface area contributed by atoms with Crippen LogP contribution in [-0.4, -0.2) is 17.9 Å². The maximum Gasteiger partial charge on any atom is 0.338 e. The first kappa shape index (κ1) is 23.3. The van der Waals surface area contributed by atoms with Crippen LogP contribution in [0.5, 0.6) is 17.2 Å². The molecule has 0 bridgehead atoms. The Bertz CT molecular complexity index is 1100. The van der Waals surface area contributed by atoms with Crippen LogP contribution >= 0.6 is 0 Å². The standard InChI is InChI=1S/C24H21FO6/c1-13(2)22(26)29-18-9-7-16(8-10-18)17-11-19(25)21(31-24(28)15(5)6)20(12-17)30-23(27)14(3)4/h7-12H,1,3,5H2,2,4,6H3. The van der Waals surface area contributed by atoms with Crippen LogP contribution in [0, 0.1) is 5.82 Å². The molecule has 0 aromatic heterocycles. The Morgan fingerprint density at radius 2 is 1.19 bits per heavy atom. The summed E-state index contributed by atoms with van der Waals surface area (Å²) in [7, 11) is 0. The summed E-state index contributed by atoms with van der Waals surface area (Å²) >= 11 is 0. The van der Waals surface area contributed by atoms with Crippen molar-refractivity contribution in [1.82, 2.24) is 0 Å². The van der Waals surface area contributed by atoms with Crippen LogP contribution in [0.1, 0.15) is 20.8 Å². The molecule has 0 heterocycles. The van der Waals surface area contributed by atoms with Crippen molar-refractivity contribution in [2.24, 2.45) is 0 Å². The highest BCUT2D eigenvalue weighted by Gasteiger charge is 2.21. The molecule has 160 valence electrons. The third-order valence-corrected chi connectivity index (χ3v) is 3.85. The lowest BCUT2D eigenvalue weighted by Gasteiger charge is -2.14. The van der Waals surface area contributed by atoms with E-state index in [4.69, 9.17) is 14.2 Å². The van der Waals surface area contributed by atoms with Gasteiger partial charge < -0.3 is 14.2 Å². The van der Waals surface area contributed by atoms with Crippen LogP contribution in [0.4, 0.5) is 4.39 Å². The van der Waals surface area contributed by atoms with Gasteiger partial charge in [-0.1, -0.05) is 31.9 Å². The van der Waals surface area contributed by atoms with Crippen molar-refractivity contribution in [1.29, 1.82) is 0 Å². The lowest BCUT2D eigenvalue weighted by Crippen LogP contribution is -2.14. The van der Waals surface area contributed by atoms with Gasteiger partial charge in [-0.2, -0.15) is 0 Å². The molecule has 31 heavy (non-hydrogen) atoms. The number of hydrogen-bond acceptors (Lipinski definition) is 6. The predicted molar refractivity (Wildman–Crippen MR) is 113 cm³/mol. The molecule has 2 aromatic rings. The van der Waals surface area contributed by atoms with E-state index in [2.05, 4.69) is 19.7 Å². The molecule has 0 atom stereocenters. The Kier molecular flexibility index (Phi) is 7.26. The van der Waals surface area contributed by atoms with Gasteiger partial charge in [0.15, 0.2) is 11.6 Å². The van der Waals surface area contributed by atoms with E-state index < -0.39 is 29.5 Å². The fourth-order valence-corrected chi connectivity index (χ4v) is 2.19. The highest BCUT2D eigenvalue weighted by molar-refractivity contribution is 5.91. The Hall–Kier alpha value is -4.00. The van der Waals surface area contributed by atoms with E-state index in [-0.39, 0.29) is 28.2 Å². The van der Waals surface area contributed by atoms with Crippen molar-refractivity contribution in [2.45, 2.75) is 20.8 Å². The lowest BCUT2D eigenvalue weighted by molar-refractivity contribution is -0.132. The quantitative estimate of drug-likeness (QED) is 0.356. The van der Waals surface area contributed by atoms with Crippen LogP contribution in [0.15, 0.2) is 72.9 Å². The molecular formula is C24H21FO6. The van der Waals surface area contributed by atoms with E-state index in [0.29, 0.717) is 11.1 Å². The lowest BCUT2D eigenvalue weighted by atomic mass is 10.0. The third-order valence-electron chi connectivity index (χ3n) is 3.85. The van der Waals surface area contributed by atoms with E-state index in [1.165, 1.54) is 39.0 Å². The molecule has 0 aliphatic heterocycles. The zero-order chi connectivity index (χ0) is 23.3. The molecule has 2 aromatic carbocycles. The van der Waals surface area contributed by atoms with Crippen molar-refractivity contribution in [3.63, 3.8) is 0 Å². The zero-order valence-corrected chi connectivity index (χ0v) is 17.4. The molecule has 0 spiro atoms. The number of hydrogen-bond donors (Lipinski definition) is 0. The summed E-state index contributed by atoms with van der Waals surface area (Å²) in [6, 6.07) is 8.67. The van der Waals surface area contributed by atoms with Gasteiger partial charge in [-0.3, -0.25) is 0 Å². The Balaban J connectivity index is 2.45. The summed E-state index contributed by atoms with van der Waals surface area (Å²) in [5.74, 6) is -3.74. The minimum atomic E-state index is -0.922. The van der Waals surface area contributed by atoms with Crippen molar-refractivity contribution >= 4 is 17.9 Å². The molecule has 0 amide bonds. The molecule has 0 fully saturated rings. The molecule has 0 aliphatic rings. The van der Waals surface area contributed by atoms with E-state index >= 15 is 0 Å². The second-order valence-electron chi connectivity index (χ2n) is 6.82. The molecule has 7 heteroatoms. The second kappa shape index (κ2) is 9.67. The van der Waals surface area contributed by atoms with E-state index in [9.17, 15) is 18.8 Å². The van der Waals surface area contributed by atoms with Gasteiger partial charge in [-0.25, -0.2) is 18.8 Å². The van der Waals surface area contributed by atoms with Gasteiger partial charge in [-0.15, -0.1) is 0 Å². The van der Waals surface area contributed by atoms with Crippen LogP contribution in [0.2, 0.25) is 0 Å². The normalized spacial score (nSPS) is 10.1. The highest BCUT2D eigenvalue weighted by Crippen LogP contribution is 2.37. The van der Waals surface area contributed by atoms with Crippen molar-refractivity contribution in [3.05, 3.63) is 78.7 Å². The van der Waals surface area contributed by atoms with Gasteiger partial charge in [-0.05, 0) is 56.2 Å². The number of esters is 3. The summed E-state index contributed by atoms with van der Waals surface area (Å²) < 4.78 is 30.1. The maximum absolute atomic E-state index is 14.8. The molecule has 0 N–H and O–H groups in total. The average Bonchev–Trinajstić information content (AvgIpc) is 2.70. The van der Waals surface area contributed by atoms with Gasteiger partial charge in [0, 0.05) is 16.7 Å². The Morgan fingerprint density at radius 3 is 1.71 bits per heavy atom. The SMILES string of the molecule is C=C(C)C(=O)Oc1ccc(-c2cc(F)c(OC(=O)C(=C)C)c(OC(=O)C(=C)C)c2)cc1. The number of ether oxygens (including phenoxy) is 3. The number of halogens is 1. The minimum absolute atomic E-state index is 0.0422. The first-order valence-corrected chi connectivity index (χ1v) is 9.06. The van der Waals surface area contributed by atoms with Gasteiger partial charge in [0.25, 0.3) is 0 Å². The van der Waals surface area contributed by atoms with Crippen molar-refractivity contribution < 1.29 is 33.0 Å². The summed E-state index contributed by atoms with van der Waals surface area (Å²) in [5, 5.41) is 0. The first-order chi connectivity index (χ1) is 14.5. The Labute approximate surface area is 179 Å². The molecule has 0 saturated heterocycles. The van der Waals surface area contributed by atoms with Gasteiger partial charge in [0.1, 0.15) is 5.75 Å². The molecule has 6 nitrogen and oxygen atoms in total. The smallest absolute Gasteiger partial charge is 0.338 e. The number of benzene rings is 2. The fourth-order valence-electron chi connectivity index (χ4n) is 2.19. The second-order valence-corrected chi connectivity index (χ2v) is 6.82. The minimum Gasteiger partial charge on any atom is -0.423 e. The number of rotatable bonds is 7. The van der Waals surface area contributed by atoms with Crippen LogP contribution < -0.4 is 14.2 Å². The Morgan fingerprint density at radius 1 is 0.710 bits per heavy atom. The predicted octanol–water partition coefficient (Wildman–Crippen LogP) is 4.94. The molecule has 2 rings (SSSR count). The maximum atomic E-state index is 14.8. The van der Waals surface area contributed by atoms with Gasteiger partial charge in [0.2, 0.25) is 5.75 Å². The summed E-state index contributed by atoms with van der Waals surface area (Å²) in [4.78, 5) is 35.5. The van der Waals surface area contributed by atoms with Crippen molar-refractivity contribution in [2.75, 3.05) is 0 Å². The van der Waals surface area contributed by atoms with Crippen LogP contribution in [0.3, 0.4) is 0 Å². The number of carbonyl (C=O) groups excluding carboxylic acids is 3. The van der Waals surface area contributed by atoms with Crippen LogP contribution in [-0.2, 0) is 14.4 Å². The average molecular weight is 424 g/mol. The number of carbonyl (C=O) groups is 3. The van der Waals surface area contributed by atoms with Gasteiger partial charge >= 0.3 is 17.9 Å². The first-order valence-electron chi connectivity index (χ1n) is 9.06. The van der Waals surface area contributed by atoms with Crippen LogP contribution in [0.25, 0.3) is 11.1 Å². The molecular weight excluding hydrogens is 403 g/mol. The van der Waals surface area contributed by atoms with Crippen molar-refractivity contribution in [3.8, 4) is 28.4 Å². The fraction of sp³-hybridized carbons (Fsp3) is 0.125. The monoisotopic (exact) mass is 424 g/mol. The topological polar surface area (TPSA) is 78.9 Å². The molecule has 0 saturated carbocycles. The molecule has 0 aliphatic carbocycles. The summed E-state index contributed by atoms with van der Waals surface area (Å²) in [5.41, 5.74) is 1.22. The highest BCUT2D eigenvalue weighted by atomic mass is 19.1. The van der Waals surface area contributed by atoms with Gasteiger partial charge in [0.05, 0.1) is 0 Å². The largest absolute Gasteiger partial charge is 0.423 e. The van der Waals surface area contributed by atoms with E-state index in [1.54, 1.807) is 12.1 Å². The van der Waals surface area contributed by atoms with E-state index in [1.807, 2.05) is 0 Å². The summed E-state index contributed by atoms with van der Waals surface area (Å²) in [6.07, 6.45) is 0. The van der Waals surface area contributed by atoms with E-state index in [0.717, 1.165) is 6.07 Å².